The summed E-state index contributed by atoms with van der Waals surface area (Å²) >= 11 is 0.996. The fourth-order valence-electron chi connectivity index (χ4n) is 3.31. The zero-order chi connectivity index (χ0) is 19.5. The molecule has 0 spiro atoms. The van der Waals surface area contributed by atoms with Gasteiger partial charge in [0, 0.05) is 36.7 Å². The van der Waals surface area contributed by atoms with E-state index in [0.29, 0.717) is 12.1 Å². The van der Waals surface area contributed by atoms with Crippen molar-refractivity contribution in [2.75, 3.05) is 18.8 Å². The molecule has 6 nitrogen and oxygen atoms in total. The van der Waals surface area contributed by atoms with Gasteiger partial charge in [-0.15, -0.1) is 0 Å². The first kappa shape index (κ1) is 18.3. The molecular formula is C21H19N3O3S. The topological polar surface area (TPSA) is 71.4 Å². The molecule has 2 heterocycles. The minimum absolute atomic E-state index is 0.180. The number of nitrogens with zero attached hydrogens (tertiary/aromatic N) is 2. The van der Waals surface area contributed by atoms with Crippen LogP contribution in [0.1, 0.15) is 15.9 Å². The van der Waals surface area contributed by atoms with Gasteiger partial charge in [-0.2, -0.15) is 0 Å². The summed E-state index contributed by atoms with van der Waals surface area (Å²) in [6.07, 6.45) is 1.86. The number of para-hydroxylation sites is 1. The van der Waals surface area contributed by atoms with E-state index in [1.54, 1.807) is 0 Å². The lowest BCUT2D eigenvalue weighted by molar-refractivity contribution is -0.124. The molecule has 1 N–H and O–H groups in total. The molecule has 28 heavy (non-hydrogen) atoms. The molecule has 0 bridgehead atoms. The van der Waals surface area contributed by atoms with Crippen molar-refractivity contribution in [3.8, 4) is 0 Å². The van der Waals surface area contributed by atoms with Crippen molar-refractivity contribution in [3.63, 3.8) is 0 Å². The number of fused-ring (bicyclic) bond motifs is 1. The Balaban J connectivity index is 1.50. The van der Waals surface area contributed by atoms with Crippen LogP contribution >= 0.6 is 11.8 Å². The molecule has 2 aromatic carbocycles. The molecule has 7 heteroatoms. The third-order valence-corrected chi connectivity index (χ3v) is 5.55. The van der Waals surface area contributed by atoms with Crippen LogP contribution in [0.15, 0.2) is 60.8 Å². The summed E-state index contributed by atoms with van der Waals surface area (Å²) in [5.41, 5.74) is 2.72. The van der Waals surface area contributed by atoms with Gasteiger partial charge in [-0.05, 0) is 11.6 Å². The van der Waals surface area contributed by atoms with Crippen LogP contribution in [-0.2, 0) is 11.3 Å². The van der Waals surface area contributed by atoms with Gasteiger partial charge in [0.25, 0.3) is 11.1 Å². The van der Waals surface area contributed by atoms with Crippen molar-refractivity contribution < 1.29 is 14.4 Å². The zero-order valence-corrected chi connectivity index (χ0v) is 15.9. The van der Waals surface area contributed by atoms with E-state index in [1.165, 1.54) is 4.90 Å². The molecule has 1 aliphatic heterocycles. The summed E-state index contributed by atoms with van der Waals surface area (Å²) in [5.74, 6) is -0.238. The highest BCUT2D eigenvalue weighted by Gasteiger charge is 2.29. The van der Waals surface area contributed by atoms with Crippen molar-refractivity contribution in [1.29, 1.82) is 0 Å². The van der Waals surface area contributed by atoms with E-state index in [0.717, 1.165) is 28.2 Å². The number of aromatic nitrogens is 1. The lowest BCUT2D eigenvalue weighted by atomic mass is 10.1. The summed E-state index contributed by atoms with van der Waals surface area (Å²) in [6.45, 7) is 1.09. The maximum Gasteiger partial charge on any atom is 0.288 e. The van der Waals surface area contributed by atoms with E-state index < -0.39 is 0 Å². The van der Waals surface area contributed by atoms with Gasteiger partial charge in [-0.1, -0.05) is 60.3 Å². The first-order valence-electron chi connectivity index (χ1n) is 9.00. The van der Waals surface area contributed by atoms with Gasteiger partial charge in [0.05, 0.1) is 11.3 Å². The highest BCUT2D eigenvalue weighted by Crippen LogP contribution is 2.23. The van der Waals surface area contributed by atoms with Gasteiger partial charge < -0.3 is 9.88 Å². The number of nitrogens with one attached hydrogen (secondary N) is 1. The minimum atomic E-state index is -0.251. The predicted molar refractivity (Wildman–Crippen MR) is 109 cm³/mol. The number of hydrogen-bond donors (Lipinski definition) is 1. The maximum atomic E-state index is 12.7. The monoisotopic (exact) mass is 393 g/mol. The van der Waals surface area contributed by atoms with E-state index >= 15 is 0 Å². The molecule has 0 atom stereocenters. The van der Waals surface area contributed by atoms with E-state index in [4.69, 9.17) is 0 Å². The average molecular weight is 393 g/mol. The van der Waals surface area contributed by atoms with Crippen LogP contribution in [0.5, 0.6) is 0 Å². The minimum Gasteiger partial charge on any atom is -0.350 e. The molecule has 4 rings (SSSR count). The molecule has 1 aromatic heterocycles. The lowest BCUT2D eigenvalue weighted by Crippen LogP contribution is -2.37. The van der Waals surface area contributed by atoms with Crippen LogP contribution in [0.3, 0.4) is 0 Å². The van der Waals surface area contributed by atoms with Crippen molar-refractivity contribution in [3.05, 3.63) is 71.9 Å². The van der Waals surface area contributed by atoms with Crippen LogP contribution in [0.2, 0.25) is 0 Å². The number of rotatable bonds is 6. The number of benzene rings is 2. The van der Waals surface area contributed by atoms with E-state index in [2.05, 4.69) is 22.0 Å². The number of carbonyl (C=O) groups excluding carboxylic acids is 3. The summed E-state index contributed by atoms with van der Waals surface area (Å²) in [7, 11) is 0. The Morgan fingerprint density at radius 1 is 1.04 bits per heavy atom. The van der Waals surface area contributed by atoms with Crippen molar-refractivity contribution >= 4 is 39.7 Å². The smallest absolute Gasteiger partial charge is 0.288 e. The van der Waals surface area contributed by atoms with Crippen LogP contribution in [0, 0.1) is 0 Å². The number of imide groups is 1. The highest BCUT2D eigenvalue weighted by atomic mass is 32.2. The normalized spacial score (nSPS) is 14.1. The second-order valence-electron chi connectivity index (χ2n) is 6.53. The van der Waals surface area contributed by atoms with Crippen LogP contribution in [-0.4, -0.2) is 45.4 Å². The standard InChI is InChI=1S/C21H19N3O3S/c25-19-14-28-21(27)24(19)11-10-22-20(26)17-13-23(12-15-6-2-1-3-7-15)18-9-5-4-8-16(17)18/h1-9,13H,10-12,14H2,(H,22,26). The molecule has 1 aliphatic rings. The summed E-state index contributed by atoms with van der Waals surface area (Å²) < 4.78 is 2.06. The van der Waals surface area contributed by atoms with Gasteiger partial charge in [0.1, 0.15) is 0 Å². The Hall–Kier alpha value is -3.06. The first-order chi connectivity index (χ1) is 13.6. The molecule has 142 valence electrons. The molecule has 0 unspecified atom stereocenters. The molecule has 1 fully saturated rings. The van der Waals surface area contributed by atoms with Crippen molar-refractivity contribution in [2.45, 2.75) is 6.54 Å². The van der Waals surface area contributed by atoms with Crippen LogP contribution in [0.25, 0.3) is 10.9 Å². The molecular weight excluding hydrogens is 374 g/mol. The number of hydrogen-bond acceptors (Lipinski definition) is 4. The number of thioether (sulfide) groups is 1. The Morgan fingerprint density at radius 2 is 1.79 bits per heavy atom. The summed E-state index contributed by atoms with van der Waals surface area (Å²) in [6, 6.07) is 17.8. The largest absolute Gasteiger partial charge is 0.350 e. The number of carbonyl (C=O) groups is 3. The fourth-order valence-corrected chi connectivity index (χ4v) is 4.06. The molecule has 0 aliphatic carbocycles. The number of amides is 3. The van der Waals surface area contributed by atoms with Crippen LogP contribution in [0.4, 0.5) is 4.79 Å². The predicted octanol–water partition coefficient (Wildman–Crippen LogP) is 3.11. The van der Waals surface area contributed by atoms with Gasteiger partial charge in [0.2, 0.25) is 5.91 Å². The van der Waals surface area contributed by atoms with E-state index in [1.807, 2.05) is 48.7 Å². The second kappa shape index (κ2) is 7.90. The van der Waals surface area contributed by atoms with Gasteiger partial charge in [0.15, 0.2) is 0 Å². The van der Waals surface area contributed by atoms with Gasteiger partial charge in [-0.25, -0.2) is 0 Å². The van der Waals surface area contributed by atoms with Crippen LogP contribution < -0.4 is 5.32 Å². The quantitative estimate of drug-likeness (QED) is 0.699. The average Bonchev–Trinajstić information content (AvgIpc) is 3.24. The van der Waals surface area contributed by atoms with Gasteiger partial charge in [-0.3, -0.25) is 19.3 Å². The van der Waals surface area contributed by atoms with E-state index in [-0.39, 0.29) is 35.9 Å². The third-order valence-electron chi connectivity index (χ3n) is 4.69. The molecule has 0 radical (unpaired) electrons. The molecule has 3 aromatic rings. The van der Waals surface area contributed by atoms with E-state index in [9.17, 15) is 14.4 Å². The fraction of sp³-hybridized carbons (Fsp3) is 0.190. The Kier molecular flexibility index (Phi) is 5.16. The zero-order valence-electron chi connectivity index (χ0n) is 15.1. The van der Waals surface area contributed by atoms with Crippen molar-refractivity contribution in [1.82, 2.24) is 14.8 Å². The maximum absolute atomic E-state index is 12.7. The Morgan fingerprint density at radius 3 is 2.54 bits per heavy atom. The SMILES string of the molecule is O=C(NCCN1C(=O)CSC1=O)c1cn(Cc2ccccc2)c2ccccc12. The highest BCUT2D eigenvalue weighted by molar-refractivity contribution is 8.14. The third kappa shape index (κ3) is 3.66. The Labute approximate surface area is 166 Å². The Bertz CT molecular complexity index is 1030. The summed E-state index contributed by atoms with van der Waals surface area (Å²) in [5, 5.41) is 3.45. The van der Waals surface area contributed by atoms with Gasteiger partial charge >= 0.3 is 0 Å². The second-order valence-corrected chi connectivity index (χ2v) is 7.46. The first-order valence-corrected chi connectivity index (χ1v) is 9.99. The molecule has 1 saturated heterocycles. The van der Waals surface area contributed by atoms with Crippen molar-refractivity contribution in [2.24, 2.45) is 0 Å². The summed E-state index contributed by atoms with van der Waals surface area (Å²) in [4.78, 5) is 37.2. The molecule has 3 amide bonds. The lowest BCUT2D eigenvalue weighted by Gasteiger charge is -2.12. The molecule has 0 saturated carbocycles.